The van der Waals surface area contributed by atoms with Crippen LogP contribution in [0.5, 0.6) is 0 Å². The second-order valence-corrected chi connectivity index (χ2v) is 9.60. The predicted octanol–water partition coefficient (Wildman–Crippen LogP) is 1.72. The molecule has 1 aromatic heterocycles. The second kappa shape index (κ2) is 8.23. The normalized spacial score (nSPS) is 17.9. The number of fused-ring (bicyclic) bond motifs is 1. The molecule has 29 heavy (non-hydrogen) atoms. The van der Waals surface area contributed by atoms with E-state index < -0.39 is 10.0 Å². The van der Waals surface area contributed by atoms with Gasteiger partial charge in [-0.1, -0.05) is 11.2 Å². The summed E-state index contributed by atoms with van der Waals surface area (Å²) in [6, 6.07) is 5.53. The monoisotopic (exact) mass is 418 g/mol. The van der Waals surface area contributed by atoms with E-state index in [4.69, 9.17) is 4.52 Å². The topological polar surface area (TPSA) is 96.6 Å². The van der Waals surface area contributed by atoms with Crippen molar-refractivity contribution in [3.63, 3.8) is 0 Å². The average Bonchev–Trinajstić information content (AvgIpc) is 3.17. The molecular weight excluding hydrogens is 392 g/mol. The summed E-state index contributed by atoms with van der Waals surface area (Å²) in [6.07, 6.45) is 4.92. The van der Waals surface area contributed by atoms with Gasteiger partial charge in [-0.2, -0.15) is 9.29 Å². The van der Waals surface area contributed by atoms with E-state index in [1.807, 2.05) is 12.1 Å². The minimum Gasteiger partial charge on any atom is -0.340 e. The molecule has 1 aliphatic carbocycles. The van der Waals surface area contributed by atoms with Gasteiger partial charge in [0, 0.05) is 39.0 Å². The summed E-state index contributed by atoms with van der Waals surface area (Å²) >= 11 is 0. The minimum absolute atomic E-state index is 0.0216. The number of carbonyl (C=O) groups excluding carboxylic acids is 1. The van der Waals surface area contributed by atoms with Crippen LogP contribution in [0.25, 0.3) is 0 Å². The molecule has 0 N–H and O–H groups in total. The first-order chi connectivity index (χ1) is 13.9. The first kappa shape index (κ1) is 20.0. The third-order valence-corrected chi connectivity index (χ3v) is 7.57. The van der Waals surface area contributed by atoms with Crippen molar-refractivity contribution in [3.05, 3.63) is 41.0 Å². The van der Waals surface area contributed by atoms with Gasteiger partial charge in [0.1, 0.15) is 0 Å². The highest BCUT2D eigenvalue weighted by atomic mass is 32.2. The Morgan fingerprint density at radius 2 is 1.83 bits per heavy atom. The van der Waals surface area contributed by atoms with Crippen molar-refractivity contribution in [3.8, 4) is 0 Å². The van der Waals surface area contributed by atoms with Crippen LogP contribution < -0.4 is 0 Å². The van der Waals surface area contributed by atoms with E-state index in [0.29, 0.717) is 49.2 Å². The van der Waals surface area contributed by atoms with Gasteiger partial charge in [0.2, 0.25) is 21.8 Å². The molecule has 4 rings (SSSR count). The Labute approximate surface area is 170 Å². The Morgan fingerprint density at radius 1 is 1.10 bits per heavy atom. The molecule has 0 bridgehead atoms. The van der Waals surface area contributed by atoms with Crippen LogP contribution in [0.2, 0.25) is 0 Å². The standard InChI is InChI=1S/C20H26N4O4S/c1-15-21-19(28-22-15)8-9-20(25)23-10-12-24(13-11-23)29(26,27)18-7-6-16-4-2-3-5-17(16)14-18/h6-7,14H,2-5,8-13H2,1H3. The number of aromatic nitrogens is 2. The Hall–Kier alpha value is -2.26. The maximum atomic E-state index is 13.1. The molecule has 0 radical (unpaired) electrons. The molecule has 0 atom stereocenters. The van der Waals surface area contributed by atoms with Gasteiger partial charge in [-0.3, -0.25) is 4.79 Å². The highest BCUT2D eigenvalue weighted by molar-refractivity contribution is 7.89. The lowest BCUT2D eigenvalue weighted by Gasteiger charge is -2.34. The molecule has 1 aliphatic heterocycles. The summed E-state index contributed by atoms with van der Waals surface area (Å²) in [5.74, 6) is 0.976. The molecule has 0 spiro atoms. The van der Waals surface area contributed by atoms with Gasteiger partial charge in [-0.15, -0.1) is 0 Å². The lowest BCUT2D eigenvalue weighted by Crippen LogP contribution is -2.50. The van der Waals surface area contributed by atoms with Gasteiger partial charge in [0.25, 0.3) is 0 Å². The number of carbonyl (C=O) groups is 1. The maximum absolute atomic E-state index is 13.1. The third kappa shape index (κ3) is 4.35. The van der Waals surface area contributed by atoms with Crippen LogP contribution in [0.4, 0.5) is 0 Å². The van der Waals surface area contributed by atoms with Gasteiger partial charge >= 0.3 is 0 Å². The molecule has 2 aliphatic rings. The van der Waals surface area contributed by atoms with Crippen molar-refractivity contribution in [1.82, 2.24) is 19.3 Å². The van der Waals surface area contributed by atoms with Crippen LogP contribution in [-0.2, 0) is 34.1 Å². The van der Waals surface area contributed by atoms with Crippen LogP contribution in [0.3, 0.4) is 0 Å². The lowest BCUT2D eigenvalue weighted by atomic mass is 9.92. The molecule has 9 heteroatoms. The fraction of sp³-hybridized carbons (Fsp3) is 0.550. The largest absolute Gasteiger partial charge is 0.340 e. The molecule has 156 valence electrons. The van der Waals surface area contributed by atoms with Gasteiger partial charge < -0.3 is 9.42 Å². The number of aryl methyl sites for hydroxylation is 4. The highest BCUT2D eigenvalue weighted by Crippen LogP contribution is 2.26. The fourth-order valence-corrected chi connectivity index (χ4v) is 5.48. The first-order valence-corrected chi connectivity index (χ1v) is 11.6. The zero-order valence-electron chi connectivity index (χ0n) is 16.6. The first-order valence-electron chi connectivity index (χ1n) is 10.1. The van der Waals surface area contributed by atoms with E-state index in [1.54, 1.807) is 17.9 Å². The van der Waals surface area contributed by atoms with Crippen LogP contribution in [0, 0.1) is 6.92 Å². The molecule has 1 saturated heterocycles. The van der Waals surface area contributed by atoms with Gasteiger partial charge in [-0.25, -0.2) is 8.42 Å². The number of rotatable bonds is 5. The van der Waals surface area contributed by atoms with Gasteiger partial charge in [0.15, 0.2) is 5.82 Å². The van der Waals surface area contributed by atoms with Crippen molar-refractivity contribution in [2.45, 2.75) is 50.3 Å². The third-order valence-electron chi connectivity index (χ3n) is 5.67. The number of sulfonamides is 1. The highest BCUT2D eigenvalue weighted by Gasteiger charge is 2.30. The number of piperazine rings is 1. The molecule has 0 unspecified atom stereocenters. The van der Waals surface area contributed by atoms with E-state index in [9.17, 15) is 13.2 Å². The molecule has 0 saturated carbocycles. The Kier molecular flexibility index (Phi) is 5.69. The minimum atomic E-state index is -3.54. The van der Waals surface area contributed by atoms with Crippen LogP contribution in [-0.4, -0.2) is 59.8 Å². The summed E-state index contributed by atoms with van der Waals surface area (Å²) in [4.78, 5) is 18.6. The molecule has 2 heterocycles. The smallest absolute Gasteiger partial charge is 0.243 e. The van der Waals surface area contributed by atoms with E-state index in [1.165, 1.54) is 16.3 Å². The SMILES string of the molecule is Cc1noc(CCC(=O)N2CCN(S(=O)(=O)c3ccc4c(c3)CCCC4)CC2)n1. The van der Waals surface area contributed by atoms with E-state index in [2.05, 4.69) is 10.1 Å². The number of amides is 1. The number of benzene rings is 1. The van der Waals surface area contributed by atoms with Crippen molar-refractivity contribution in [2.24, 2.45) is 0 Å². The summed E-state index contributed by atoms with van der Waals surface area (Å²) in [5, 5.41) is 3.72. The van der Waals surface area contributed by atoms with Gasteiger partial charge in [0.05, 0.1) is 4.90 Å². The summed E-state index contributed by atoms with van der Waals surface area (Å²) < 4.78 is 32.6. The molecule has 1 fully saturated rings. The molecule has 2 aromatic rings. The predicted molar refractivity (Wildman–Crippen MR) is 106 cm³/mol. The second-order valence-electron chi connectivity index (χ2n) is 7.66. The number of hydrogen-bond donors (Lipinski definition) is 0. The van der Waals surface area contributed by atoms with E-state index in [-0.39, 0.29) is 12.3 Å². The lowest BCUT2D eigenvalue weighted by molar-refractivity contribution is -0.132. The Bertz CT molecular complexity index is 994. The average molecular weight is 419 g/mol. The zero-order valence-corrected chi connectivity index (χ0v) is 17.4. The molecular formula is C20H26N4O4S. The maximum Gasteiger partial charge on any atom is 0.243 e. The van der Waals surface area contributed by atoms with Crippen LogP contribution in [0.1, 0.15) is 42.1 Å². The quantitative estimate of drug-likeness (QED) is 0.734. The van der Waals surface area contributed by atoms with Crippen molar-refractivity contribution < 1.29 is 17.7 Å². The van der Waals surface area contributed by atoms with Crippen LogP contribution in [0.15, 0.2) is 27.6 Å². The summed E-state index contributed by atoms with van der Waals surface area (Å²) in [5.41, 5.74) is 2.42. The molecule has 1 aromatic carbocycles. The van der Waals surface area contributed by atoms with Crippen molar-refractivity contribution >= 4 is 15.9 Å². The molecule has 1 amide bonds. The summed E-state index contributed by atoms with van der Waals surface area (Å²) in [6.45, 7) is 3.14. The number of nitrogens with zero attached hydrogens (tertiary/aromatic N) is 4. The van der Waals surface area contributed by atoms with E-state index in [0.717, 1.165) is 24.8 Å². The Balaban J connectivity index is 1.35. The van der Waals surface area contributed by atoms with Gasteiger partial charge in [-0.05, 0) is 55.9 Å². The van der Waals surface area contributed by atoms with Crippen molar-refractivity contribution in [1.29, 1.82) is 0 Å². The number of hydrogen-bond acceptors (Lipinski definition) is 6. The van der Waals surface area contributed by atoms with Crippen LogP contribution >= 0.6 is 0 Å². The summed E-state index contributed by atoms with van der Waals surface area (Å²) in [7, 11) is -3.54. The zero-order chi connectivity index (χ0) is 20.4. The van der Waals surface area contributed by atoms with E-state index >= 15 is 0 Å². The molecule has 8 nitrogen and oxygen atoms in total. The fourth-order valence-electron chi connectivity index (χ4n) is 4.01. The Morgan fingerprint density at radius 3 is 2.52 bits per heavy atom. The van der Waals surface area contributed by atoms with Crippen molar-refractivity contribution in [2.75, 3.05) is 26.2 Å².